The lowest BCUT2D eigenvalue weighted by atomic mass is 10.2. The summed E-state index contributed by atoms with van der Waals surface area (Å²) >= 11 is 3.56. The molecular weight excluding hydrogens is 462 g/mol. The van der Waals surface area contributed by atoms with E-state index in [1.807, 2.05) is 0 Å². The molecule has 0 aliphatic carbocycles. The van der Waals surface area contributed by atoms with E-state index in [4.69, 9.17) is 0 Å². The molecule has 11 heteroatoms. The van der Waals surface area contributed by atoms with Crippen molar-refractivity contribution in [2.75, 3.05) is 22.1 Å². The van der Waals surface area contributed by atoms with E-state index in [0.29, 0.717) is 8.68 Å². The molecule has 6 nitrogen and oxygen atoms in total. The van der Waals surface area contributed by atoms with Gasteiger partial charge in [0.25, 0.3) is 0 Å². The van der Waals surface area contributed by atoms with Gasteiger partial charge in [-0.3, -0.25) is 9.59 Å². The third-order valence-corrected chi connectivity index (χ3v) is 7.03. The van der Waals surface area contributed by atoms with Crippen molar-refractivity contribution in [1.29, 1.82) is 0 Å². The zero-order valence-electron chi connectivity index (χ0n) is 16.6. The highest BCUT2D eigenvalue weighted by Crippen LogP contribution is 2.29. The van der Waals surface area contributed by atoms with E-state index in [9.17, 15) is 18.4 Å². The second-order valence-corrected chi connectivity index (χ2v) is 9.90. The fourth-order valence-electron chi connectivity index (χ4n) is 2.38. The summed E-state index contributed by atoms with van der Waals surface area (Å²) in [6, 6.07) is 9.15. The number of hydrogen-bond donors (Lipinski definition) is 2. The monoisotopic (exact) mass is 480 g/mol. The van der Waals surface area contributed by atoms with Gasteiger partial charge in [0, 0.05) is 0 Å². The van der Waals surface area contributed by atoms with Crippen LogP contribution in [-0.2, 0) is 9.59 Å². The number of carbonyl (C=O) groups is 2. The summed E-state index contributed by atoms with van der Waals surface area (Å²) in [5, 5.41) is 13.0. The van der Waals surface area contributed by atoms with Gasteiger partial charge in [-0.2, -0.15) is 0 Å². The summed E-state index contributed by atoms with van der Waals surface area (Å²) in [4.78, 5) is 24.1. The Morgan fingerprint density at radius 1 is 0.839 bits per heavy atom. The molecule has 0 atom stereocenters. The van der Waals surface area contributed by atoms with Gasteiger partial charge in [-0.25, -0.2) is 8.78 Å². The molecule has 0 saturated heterocycles. The fourth-order valence-corrected chi connectivity index (χ4v) is 5.00. The highest BCUT2D eigenvalue weighted by molar-refractivity contribution is 8.03. The molecule has 0 spiro atoms. The van der Waals surface area contributed by atoms with Crippen LogP contribution < -0.4 is 10.6 Å². The highest BCUT2D eigenvalue weighted by Gasteiger charge is 2.13. The zero-order valence-corrected chi connectivity index (χ0v) is 19.0. The van der Waals surface area contributed by atoms with Crippen molar-refractivity contribution in [3.8, 4) is 0 Å². The molecule has 0 aliphatic rings. The standard InChI is InChI=1S/C20H18F2N4O2S3/c1-11-3-5-15(13(21)7-11)23-17(27)9-29-19-25-26-20(31-19)30-10-18(28)24-16-6-4-12(2)8-14(16)22/h3-8H,9-10H2,1-2H3,(H,23,27)(H,24,28). The summed E-state index contributed by atoms with van der Waals surface area (Å²) in [5.74, 6) is -1.62. The Morgan fingerprint density at radius 2 is 1.26 bits per heavy atom. The maximum absolute atomic E-state index is 13.8. The summed E-state index contributed by atoms with van der Waals surface area (Å²) in [7, 11) is 0. The van der Waals surface area contributed by atoms with Crippen molar-refractivity contribution in [3.63, 3.8) is 0 Å². The van der Waals surface area contributed by atoms with Crippen LogP contribution in [0, 0.1) is 25.5 Å². The molecule has 1 aromatic heterocycles. The van der Waals surface area contributed by atoms with E-state index in [1.165, 1.54) is 35.6 Å². The Hall–Kier alpha value is -2.50. The highest BCUT2D eigenvalue weighted by atomic mass is 32.2. The number of nitrogens with zero attached hydrogens (tertiary/aromatic N) is 2. The third kappa shape index (κ3) is 7.01. The number of anilines is 2. The van der Waals surface area contributed by atoms with Crippen molar-refractivity contribution in [2.24, 2.45) is 0 Å². The third-order valence-electron chi connectivity index (χ3n) is 3.84. The Kier molecular flexibility index (Phi) is 7.99. The number of benzene rings is 2. The zero-order chi connectivity index (χ0) is 22.4. The van der Waals surface area contributed by atoms with Crippen LogP contribution in [-0.4, -0.2) is 33.5 Å². The predicted octanol–water partition coefficient (Wildman–Crippen LogP) is 4.89. The first kappa shape index (κ1) is 23.2. The van der Waals surface area contributed by atoms with Crippen LogP contribution >= 0.6 is 34.9 Å². The van der Waals surface area contributed by atoms with Gasteiger partial charge < -0.3 is 10.6 Å². The quantitative estimate of drug-likeness (QED) is 0.447. The average molecular weight is 481 g/mol. The first-order chi connectivity index (χ1) is 14.8. The number of amides is 2. The molecule has 0 aliphatic heterocycles. The summed E-state index contributed by atoms with van der Waals surface area (Å²) in [6.45, 7) is 3.53. The topological polar surface area (TPSA) is 84.0 Å². The number of nitrogens with one attached hydrogen (secondary N) is 2. The molecule has 0 unspecified atom stereocenters. The van der Waals surface area contributed by atoms with Gasteiger partial charge in [0.05, 0.1) is 22.9 Å². The van der Waals surface area contributed by atoms with Gasteiger partial charge >= 0.3 is 0 Å². The van der Waals surface area contributed by atoms with Gasteiger partial charge in [0.15, 0.2) is 8.68 Å². The molecule has 31 heavy (non-hydrogen) atoms. The van der Waals surface area contributed by atoms with Gasteiger partial charge in [-0.15, -0.1) is 10.2 Å². The van der Waals surface area contributed by atoms with Gasteiger partial charge in [-0.05, 0) is 49.2 Å². The maximum Gasteiger partial charge on any atom is 0.234 e. The number of rotatable bonds is 8. The first-order valence-electron chi connectivity index (χ1n) is 9.01. The lowest BCUT2D eigenvalue weighted by Gasteiger charge is -2.06. The second-order valence-electron chi connectivity index (χ2n) is 6.47. The van der Waals surface area contributed by atoms with Crippen molar-refractivity contribution >= 4 is 58.0 Å². The van der Waals surface area contributed by atoms with Crippen LogP contribution in [0.15, 0.2) is 45.1 Å². The molecule has 0 fully saturated rings. The van der Waals surface area contributed by atoms with E-state index in [-0.39, 0.29) is 34.7 Å². The van der Waals surface area contributed by atoms with Crippen LogP contribution in [0.2, 0.25) is 0 Å². The Bertz CT molecular complexity index is 1020. The normalized spacial score (nSPS) is 10.7. The van der Waals surface area contributed by atoms with E-state index in [1.54, 1.807) is 26.0 Å². The number of halogens is 2. The van der Waals surface area contributed by atoms with Crippen molar-refractivity contribution in [1.82, 2.24) is 10.2 Å². The molecular formula is C20H18F2N4O2S3. The first-order valence-corrected chi connectivity index (χ1v) is 11.8. The average Bonchev–Trinajstić information content (AvgIpc) is 3.17. The number of aromatic nitrogens is 2. The molecule has 3 rings (SSSR count). The van der Waals surface area contributed by atoms with Crippen LogP contribution in [0.3, 0.4) is 0 Å². The minimum atomic E-state index is -0.489. The van der Waals surface area contributed by atoms with E-state index >= 15 is 0 Å². The largest absolute Gasteiger partial charge is 0.323 e. The fraction of sp³-hybridized carbons (Fsp3) is 0.200. The molecule has 3 aromatic rings. The summed E-state index contributed by atoms with van der Waals surface area (Å²) in [5.41, 5.74) is 1.78. The summed E-state index contributed by atoms with van der Waals surface area (Å²) in [6.07, 6.45) is 0. The number of carbonyl (C=O) groups excluding carboxylic acids is 2. The molecule has 2 amide bonds. The maximum atomic E-state index is 13.8. The Morgan fingerprint density at radius 3 is 1.65 bits per heavy atom. The van der Waals surface area contributed by atoms with Crippen LogP contribution in [0.1, 0.15) is 11.1 Å². The second kappa shape index (κ2) is 10.7. The minimum absolute atomic E-state index is 0.0415. The molecule has 2 aromatic carbocycles. The van der Waals surface area contributed by atoms with Crippen molar-refractivity contribution < 1.29 is 18.4 Å². The number of thioether (sulfide) groups is 2. The number of hydrogen-bond acceptors (Lipinski definition) is 7. The number of aryl methyl sites for hydroxylation is 2. The van der Waals surface area contributed by atoms with Crippen LogP contribution in [0.4, 0.5) is 20.2 Å². The molecule has 2 N–H and O–H groups in total. The van der Waals surface area contributed by atoms with Gasteiger partial charge in [0.1, 0.15) is 11.6 Å². The minimum Gasteiger partial charge on any atom is -0.323 e. The van der Waals surface area contributed by atoms with Gasteiger partial charge in [-0.1, -0.05) is 47.0 Å². The molecule has 1 heterocycles. The SMILES string of the molecule is Cc1ccc(NC(=O)CSc2nnc(SCC(=O)Nc3ccc(C)cc3F)s2)c(F)c1. The van der Waals surface area contributed by atoms with Gasteiger partial charge in [0.2, 0.25) is 11.8 Å². The Balaban J connectivity index is 1.44. The van der Waals surface area contributed by atoms with Crippen molar-refractivity contribution in [3.05, 3.63) is 59.2 Å². The summed E-state index contributed by atoms with van der Waals surface area (Å²) < 4.78 is 28.7. The van der Waals surface area contributed by atoms with E-state index in [2.05, 4.69) is 20.8 Å². The van der Waals surface area contributed by atoms with Crippen LogP contribution in [0.25, 0.3) is 0 Å². The lowest BCUT2D eigenvalue weighted by molar-refractivity contribution is -0.114. The molecule has 0 bridgehead atoms. The lowest BCUT2D eigenvalue weighted by Crippen LogP contribution is -2.15. The Labute approximate surface area is 190 Å². The van der Waals surface area contributed by atoms with Crippen molar-refractivity contribution in [2.45, 2.75) is 22.5 Å². The van der Waals surface area contributed by atoms with E-state index < -0.39 is 11.6 Å². The van der Waals surface area contributed by atoms with Crippen LogP contribution in [0.5, 0.6) is 0 Å². The molecule has 0 radical (unpaired) electrons. The smallest absolute Gasteiger partial charge is 0.234 e. The molecule has 162 valence electrons. The predicted molar refractivity (Wildman–Crippen MR) is 121 cm³/mol. The molecule has 0 saturated carbocycles. The van der Waals surface area contributed by atoms with E-state index in [0.717, 1.165) is 34.7 Å².